The third kappa shape index (κ3) is 3.97. The Kier molecular flexibility index (Phi) is 5.62. The van der Waals surface area contributed by atoms with Gasteiger partial charge in [0.1, 0.15) is 11.4 Å². The molecule has 1 amide bonds. The number of nitrogens with zero attached hydrogens (tertiary/aromatic N) is 3. The molecule has 30 heavy (non-hydrogen) atoms. The predicted molar refractivity (Wildman–Crippen MR) is 119 cm³/mol. The number of likely N-dealkylation sites (tertiary alicyclic amines) is 1. The molecular weight excluding hydrogens is 374 g/mol. The Hall–Kier alpha value is -3.08. The van der Waals surface area contributed by atoms with Gasteiger partial charge < -0.3 is 9.64 Å². The molecule has 1 aliphatic heterocycles. The first-order chi connectivity index (χ1) is 14.5. The summed E-state index contributed by atoms with van der Waals surface area (Å²) in [7, 11) is 1.65. The summed E-state index contributed by atoms with van der Waals surface area (Å²) in [5, 5.41) is 4.87. The summed E-state index contributed by atoms with van der Waals surface area (Å²) in [5.74, 6) is 1.49. The standard InChI is InChI=1S/C25H29N3O2/c1-17-10-12-27(13-11-17)25(29)24-16-22(20-6-5-7-21(15-20)30-4)26-28(24)23-14-18(2)8-9-19(23)3/h5-9,14-17H,10-13H2,1-4H3. The number of hydrogen-bond donors (Lipinski definition) is 0. The molecule has 0 N–H and O–H groups in total. The number of piperidine rings is 1. The van der Waals surface area contributed by atoms with Crippen molar-refractivity contribution in [3.63, 3.8) is 0 Å². The molecule has 0 radical (unpaired) electrons. The van der Waals surface area contributed by atoms with Gasteiger partial charge in [-0.25, -0.2) is 4.68 Å². The highest BCUT2D eigenvalue weighted by molar-refractivity contribution is 5.94. The van der Waals surface area contributed by atoms with Gasteiger partial charge in [-0.3, -0.25) is 4.79 Å². The Bertz CT molecular complexity index is 1060. The molecule has 4 rings (SSSR count). The highest BCUT2D eigenvalue weighted by Gasteiger charge is 2.26. The van der Waals surface area contributed by atoms with Crippen LogP contribution in [0.3, 0.4) is 0 Å². The Morgan fingerprint density at radius 1 is 1.07 bits per heavy atom. The lowest BCUT2D eigenvalue weighted by atomic mass is 9.99. The second-order valence-corrected chi connectivity index (χ2v) is 8.32. The van der Waals surface area contributed by atoms with E-state index in [0.29, 0.717) is 11.6 Å². The van der Waals surface area contributed by atoms with Crippen LogP contribution in [-0.2, 0) is 0 Å². The van der Waals surface area contributed by atoms with Gasteiger partial charge in [0.15, 0.2) is 0 Å². The van der Waals surface area contributed by atoms with Crippen LogP contribution in [-0.4, -0.2) is 40.8 Å². The second kappa shape index (κ2) is 8.34. The minimum atomic E-state index is 0.0458. The normalized spacial score (nSPS) is 14.7. The van der Waals surface area contributed by atoms with Gasteiger partial charge >= 0.3 is 0 Å². The zero-order valence-corrected chi connectivity index (χ0v) is 18.2. The molecule has 0 spiro atoms. The molecule has 3 aromatic rings. The van der Waals surface area contributed by atoms with Crippen molar-refractivity contribution in [2.75, 3.05) is 20.2 Å². The van der Waals surface area contributed by atoms with Crippen LogP contribution in [0.15, 0.2) is 48.5 Å². The summed E-state index contributed by atoms with van der Waals surface area (Å²) in [6.45, 7) is 7.96. The monoisotopic (exact) mass is 403 g/mol. The van der Waals surface area contributed by atoms with Gasteiger partial charge in [-0.2, -0.15) is 5.10 Å². The first-order valence-corrected chi connectivity index (χ1v) is 10.6. The quantitative estimate of drug-likeness (QED) is 0.613. The molecule has 0 atom stereocenters. The van der Waals surface area contributed by atoms with Gasteiger partial charge in [0.25, 0.3) is 5.91 Å². The molecule has 2 heterocycles. The van der Waals surface area contributed by atoms with Crippen molar-refractivity contribution in [1.29, 1.82) is 0 Å². The summed E-state index contributed by atoms with van der Waals surface area (Å²) in [4.78, 5) is 15.5. The van der Waals surface area contributed by atoms with Crippen molar-refractivity contribution in [2.45, 2.75) is 33.6 Å². The fourth-order valence-corrected chi connectivity index (χ4v) is 3.96. The summed E-state index contributed by atoms with van der Waals surface area (Å²) < 4.78 is 7.19. The summed E-state index contributed by atoms with van der Waals surface area (Å²) in [5.41, 5.74) is 5.47. The number of aromatic nitrogens is 2. The van der Waals surface area contributed by atoms with Gasteiger partial charge in [-0.15, -0.1) is 0 Å². The van der Waals surface area contributed by atoms with E-state index in [4.69, 9.17) is 9.84 Å². The zero-order chi connectivity index (χ0) is 21.3. The maximum Gasteiger partial charge on any atom is 0.272 e. The highest BCUT2D eigenvalue weighted by atomic mass is 16.5. The first kappa shape index (κ1) is 20.2. The van der Waals surface area contributed by atoms with Gasteiger partial charge in [0, 0.05) is 18.7 Å². The molecule has 1 saturated heterocycles. The van der Waals surface area contributed by atoms with Crippen molar-refractivity contribution in [2.24, 2.45) is 5.92 Å². The number of carbonyl (C=O) groups excluding carboxylic acids is 1. The van der Waals surface area contributed by atoms with E-state index in [1.807, 2.05) is 39.9 Å². The number of aryl methyl sites for hydroxylation is 2. The maximum atomic E-state index is 13.5. The Morgan fingerprint density at radius 3 is 2.57 bits per heavy atom. The minimum Gasteiger partial charge on any atom is -0.497 e. The van der Waals surface area contributed by atoms with Crippen molar-refractivity contribution in [1.82, 2.24) is 14.7 Å². The zero-order valence-electron chi connectivity index (χ0n) is 18.2. The number of rotatable bonds is 4. The average Bonchev–Trinajstić information content (AvgIpc) is 3.21. The third-order valence-electron chi connectivity index (χ3n) is 5.96. The fraction of sp³-hybridized carbons (Fsp3) is 0.360. The lowest BCUT2D eigenvalue weighted by Crippen LogP contribution is -2.38. The first-order valence-electron chi connectivity index (χ1n) is 10.6. The number of ether oxygens (including phenoxy) is 1. The van der Waals surface area contributed by atoms with Crippen LogP contribution in [0.25, 0.3) is 16.9 Å². The maximum absolute atomic E-state index is 13.5. The third-order valence-corrected chi connectivity index (χ3v) is 5.96. The molecule has 0 bridgehead atoms. The summed E-state index contributed by atoms with van der Waals surface area (Å²) in [6.07, 6.45) is 2.10. The Balaban J connectivity index is 1.81. The lowest BCUT2D eigenvalue weighted by Gasteiger charge is -2.30. The molecular formula is C25H29N3O2. The fourth-order valence-electron chi connectivity index (χ4n) is 3.96. The number of amides is 1. The van der Waals surface area contributed by atoms with Gasteiger partial charge in [-0.1, -0.05) is 31.2 Å². The van der Waals surface area contributed by atoms with E-state index in [0.717, 1.165) is 59.8 Å². The van der Waals surface area contributed by atoms with E-state index in [1.54, 1.807) is 7.11 Å². The Morgan fingerprint density at radius 2 is 1.83 bits per heavy atom. The number of methoxy groups -OCH3 is 1. The van der Waals surface area contributed by atoms with E-state index >= 15 is 0 Å². The largest absolute Gasteiger partial charge is 0.497 e. The topological polar surface area (TPSA) is 47.4 Å². The van der Waals surface area contributed by atoms with Gasteiger partial charge in [-0.05, 0) is 68.0 Å². The highest BCUT2D eigenvalue weighted by Crippen LogP contribution is 2.28. The van der Waals surface area contributed by atoms with Crippen molar-refractivity contribution >= 4 is 5.91 Å². The van der Waals surface area contributed by atoms with Crippen LogP contribution in [0.4, 0.5) is 0 Å². The average molecular weight is 404 g/mol. The molecule has 1 aromatic heterocycles. The van der Waals surface area contributed by atoms with E-state index in [-0.39, 0.29) is 5.91 Å². The second-order valence-electron chi connectivity index (χ2n) is 8.32. The van der Waals surface area contributed by atoms with E-state index < -0.39 is 0 Å². The molecule has 5 nitrogen and oxygen atoms in total. The van der Waals surface area contributed by atoms with E-state index in [1.165, 1.54) is 0 Å². The molecule has 0 saturated carbocycles. The Labute approximate surface area is 178 Å². The predicted octanol–water partition coefficient (Wildman–Crippen LogP) is 5.04. The van der Waals surface area contributed by atoms with Crippen molar-refractivity contribution < 1.29 is 9.53 Å². The van der Waals surface area contributed by atoms with E-state index in [9.17, 15) is 4.79 Å². The van der Waals surface area contributed by atoms with Crippen LogP contribution in [0.1, 0.15) is 41.4 Å². The van der Waals surface area contributed by atoms with Gasteiger partial charge in [0.2, 0.25) is 0 Å². The van der Waals surface area contributed by atoms with E-state index in [2.05, 4.69) is 39.0 Å². The van der Waals surface area contributed by atoms with Crippen LogP contribution in [0.2, 0.25) is 0 Å². The number of carbonyl (C=O) groups is 1. The lowest BCUT2D eigenvalue weighted by molar-refractivity contribution is 0.0688. The molecule has 0 aliphatic carbocycles. The van der Waals surface area contributed by atoms with Crippen molar-refractivity contribution in [3.05, 3.63) is 65.4 Å². The SMILES string of the molecule is COc1cccc(-c2cc(C(=O)N3CCC(C)CC3)n(-c3cc(C)ccc3C)n2)c1. The van der Waals surface area contributed by atoms with Gasteiger partial charge in [0.05, 0.1) is 18.5 Å². The molecule has 0 unspecified atom stereocenters. The molecule has 1 fully saturated rings. The minimum absolute atomic E-state index is 0.0458. The summed E-state index contributed by atoms with van der Waals surface area (Å²) in [6, 6.07) is 16.0. The molecule has 1 aliphatic rings. The number of benzene rings is 2. The number of hydrogen-bond acceptors (Lipinski definition) is 3. The molecule has 2 aromatic carbocycles. The smallest absolute Gasteiger partial charge is 0.272 e. The molecule has 156 valence electrons. The van der Waals surface area contributed by atoms with Crippen molar-refractivity contribution in [3.8, 4) is 22.7 Å². The molecule has 5 heteroatoms. The van der Waals surface area contributed by atoms with Crippen LogP contribution in [0.5, 0.6) is 5.75 Å². The van der Waals surface area contributed by atoms with Crippen LogP contribution in [0, 0.1) is 19.8 Å². The van der Waals surface area contributed by atoms with Crippen LogP contribution < -0.4 is 4.74 Å². The van der Waals surface area contributed by atoms with Crippen LogP contribution >= 0.6 is 0 Å². The summed E-state index contributed by atoms with van der Waals surface area (Å²) >= 11 is 0.